The molecular weight excluding hydrogens is 180 g/mol. The number of rotatable bonds is 1. The number of carbonyl (C=O) groups is 1. The Bertz CT molecular complexity index is 203. The van der Waals surface area contributed by atoms with Gasteiger partial charge in [-0.2, -0.15) is 0 Å². The number of hydrogen-bond donors (Lipinski definition) is 0. The summed E-state index contributed by atoms with van der Waals surface area (Å²) in [6.07, 6.45) is 0.795. The van der Waals surface area contributed by atoms with Gasteiger partial charge in [0, 0.05) is 10.0 Å². The van der Waals surface area contributed by atoms with E-state index in [-0.39, 0.29) is 0 Å². The molecule has 2 heteroatoms. The number of halogens is 1. The van der Waals surface area contributed by atoms with Crippen LogP contribution in [0.3, 0.4) is 0 Å². The largest absolute Gasteiger partial charge is 0.298 e. The number of benzene rings is 1. The average molecular weight is 184 g/mol. The van der Waals surface area contributed by atoms with Crippen LogP contribution in [0.2, 0.25) is 0 Å². The van der Waals surface area contributed by atoms with Crippen molar-refractivity contribution in [3.63, 3.8) is 0 Å². The van der Waals surface area contributed by atoms with Gasteiger partial charge in [0.2, 0.25) is 0 Å². The molecule has 0 amide bonds. The Balaban J connectivity index is 3.01. The predicted octanol–water partition coefficient (Wildman–Crippen LogP) is 2.06. The molecule has 0 saturated carbocycles. The van der Waals surface area contributed by atoms with Crippen LogP contribution in [-0.4, -0.2) is 6.29 Å². The van der Waals surface area contributed by atoms with E-state index in [4.69, 9.17) is 0 Å². The van der Waals surface area contributed by atoms with E-state index in [0.717, 1.165) is 10.8 Å². The highest BCUT2D eigenvalue weighted by molar-refractivity contribution is 9.10. The Labute approximate surface area is 61.8 Å². The molecule has 0 unspecified atom stereocenters. The lowest BCUT2D eigenvalue weighted by atomic mass is 10.2. The van der Waals surface area contributed by atoms with Crippen molar-refractivity contribution < 1.29 is 4.79 Å². The maximum absolute atomic E-state index is 10.1. The van der Waals surface area contributed by atoms with Crippen LogP contribution >= 0.6 is 15.9 Å². The molecule has 1 aromatic carbocycles. The minimum absolute atomic E-state index is 0.651. The van der Waals surface area contributed by atoms with Crippen molar-refractivity contribution in [3.05, 3.63) is 34.3 Å². The smallest absolute Gasteiger partial charge is 0.150 e. The van der Waals surface area contributed by atoms with Gasteiger partial charge in [-0.3, -0.25) is 4.79 Å². The lowest BCUT2D eigenvalue weighted by Gasteiger charge is -1.86. The molecule has 1 nitrogen and oxygen atoms in total. The Kier molecular flexibility index (Phi) is 2.01. The van der Waals surface area contributed by atoms with Crippen LogP contribution < -0.4 is 0 Å². The summed E-state index contributed by atoms with van der Waals surface area (Å²) in [7, 11) is 0. The lowest BCUT2D eigenvalue weighted by molar-refractivity contribution is 0.112. The van der Waals surface area contributed by atoms with E-state index in [0.29, 0.717) is 5.56 Å². The molecular formula is C7H4BrO. The SMILES string of the molecule is O=Cc1c[c]c(Br)cc1. The third-order valence-electron chi connectivity index (χ3n) is 0.935. The zero-order chi connectivity index (χ0) is 6.69. The van der Waals surface area contributed by atoms with E-state index in [1.165, 1.54) is 0 Å². The molecule has 45 valence electrons. The first-order valence-corrected chi connectivity index (χ1v) is 3.24. The molecule has 0 aromatic heterocycles. The van der Waals surface area contributed by atoms with Crippen molar-refractivity contribution in [2.75, 3.05) is 0 Å². The van der Waals surface area contributed by atoms with E-state index in [1.807, 2.05) is 0 Å². The van der Waals surface area contributed by atoms with Gasteiger partial charge in [0.05, 0.1) is 0 Å². The average Bonchev–Trinajstić information content (AvgIpc) is 1.90. The first kappa shape index (κ1) is 6.49. The zero-order valence-corrected chi connectivity index (χ0v) is 6.18. The number of hydrogen-bond acceptors (Lipinski definition) is 1. The molecule has 0 aliphatic carbocycles. The molecule has 0 aliphatic rings. The second kappa shape index (κ2) is 2.78. The summed E-state index contributed by atoms with van der Waals surface area (Å²) in [5.41, 5.74) is 0.651. The third-order valence-corrected chi connectivity index (χ3v) is 1.43. The molecule has 9 heavy (non-hydrogen) atoms. The van der Waals surface area contributed by atoms with Gasteiger partial charge in [-0.25, -0.2) is 0 Å². The summed E-state index contributed by atoms with van der Waals surface area (Å²) >= 11 is 3.20. The quantitative estimate of drug-likeness (QED) is 0.610. The summed E-state index contributed by atoms with van der Waals surface area (Å²) in [5, 5.41) is 0. The lowest BCUT2D eigenvalue weighted by Crippen LogP contribution is -1.75. The maximum Gasteiger partial charge on any atom is 0.150 e. The van der Waals surface area contributed by atoms with Crippen LogP contribution in [-0.2, 0) is 0 Å². The Morgan fingerprint density at radius 3 is 2.78 bits per heavy atom. The summed E-state index contributed by atoms with van der Waals surface area (Å²) < 4.78 is 0.869. The second-order valence-corrected chi connectivity index (χ2v) is 2.44. The summed E-state index contributed by atoms with van der Waals surface area (Å²) in [6.45, 7) is 0. The molecule has 0 atom stereocenters. The van der Waals surface area contributed by atoms with E-state index < -0.39 is 0 Å². The molecule has 0 N–H and O–H groups in total. The third kappa shape index (κ3) is 1.64. The standard InChI is InChI=1S/C7H4BrO/c8-7-3-1-6(5-9)2-4-7/h1-3,5H. The monoisotopic (exact) mass is 183 g/mol. The van der Waals surface area contributed by atoms with Gasteiger partial charge in [-0.05, 0) is 18.2 Å². The Morgan fingerprint density at radius 1 is 1.56 bits per heavy atom. The normalized spacial score (nSPS) is 9.00. The molecule has 0 saturated heterocycles. The van der Waals surface area contributed by atoms with Crippen molar-refractivity contribution in [2.24, 2.45) is 0 Å². The van der Waals surface area contributed by atoms with Gasteiger partial charge in [0.25, 0.3) is 0 Å². The topological polar surface area (TPSA) is 17.1 Å². The number of aldehydes is 1. The molecule has 1 aromatic rings. The predicted molar refractivity (Wildman–Crippen MR) is 38.4 cm³/mol. The molecule has 0 aliphatic heterocycles. The van der Waals surface area contributed by atoms with Crippen LogP contribution in [0.5, 0.6) is 0 Å². The Morgan fingerprint density at radius 2 is 2.33 bits per heavy atom. The van der Waals surface area contributed by atoms with Gasteiger partial charge in [-0.15, -0.1) is 0 Å². The summed E-state index contributed by atoms with van der Waals surface area (Å²) in [6, 6.07) is 7.98. The van der Waals surface area contributed by atoms with E-state index in [2.05, 4.69) is 22.0 Å². The van der Waals surface area contributed by atoms with Crippen LogP contribution in [0.4, 0.5) is 0 Å². The van der Waals surface area contributed by atoms with Crippen molar-refractivity contribution in [1.29, 1.82) is 0 Å². The highest BCUT2D eigenvalue weighted by Crippen LogP contribution is 2.07. The zero-order valence-electron chi connectivity index (χ0n) is 4.60. The highest BCUT2D eigenvalue weighted by Gasteiger charge is 1.87. The first-order chi connectivity index (χ1) is 4.33. The van der Waals surface area contributed by atoms with Crippen LogP contribution in [0.1, 0.15) is 10.4 Å². The van der Waals surface area contributed by atoms with Gasteiger partial charge in [0.1, 0.15) is 6.29 Å². The fourth-order valence-corrected chi connectivity index (χ4v) is 0.738. The molecule has 0 heterocycles. The summed E-state index contributed by atoms with van der Waals surface area (Å²) in [4.78, 5) is 10.1. The van der Waals surface area contributed by atoms with Crippen molar-refractivity contribution in [3.8, 4) is 0 Å². The second-order valence-electron chi connectivity index (χ2n) is 1.59. The Hall–Kier alpha value is -0.630. The molecule has 0 spiro atoms. The van der Waals surface area contributed by atoms with Crippen LogP contribution in [0.25, 0.3) is 0 Å². The minimum atomic E-state index is 0.651. The van der Waals surface area contributed by atoms with Crippen molar-refractivity contribution >= 4 is 22.2 Å². The van der Waals surface area contributed by atoms with Crippen LogP contribution in [0.15, 0.2) is 22.7 Å². The molecule has 1 rings (SSSR count). The molecule has 0 fully saturated rings. The first-order valence-electron chi connectivity index (χ1n) is 2.45. The van der Waals surface area contributed by atoms with E-state index >= 15 is 0 Å². The van der Waals surface area contributed by atoms with Crippen molar-refractivity contribution in [2.45, 2.75) is 0 Å². The van der Waals surface area contributed by atoms with E-state index in [9.17, 15) is 4.79 Å². The fraction of sp³-hybridized carbons (Fsp3) is 0. The highest BCUT2D eigenvalue weighted by atomic mass is 79.9. The minimum Gasteiger partial charge on any atom is -0.298 e. The van der Waals surface area contributed by atoms with Gasteiger partial charge in [-0.1, -0.05) is 22.0 Å². The van der Waals surface area contributed by atoms with Gasteiger partial charge in [0.15, 0.2) is 0 Å². The number of carbonyl (C=O) groups excluding carboxylic acids is 1. The molecule has 0 bridgehead atoms. The van der Waals surface area contributed by atoms with Gasteiger partial charge >= 0.3 is 0 Å². The van der Waals surface area contributed by atoms with E-state index in [1.54, 1.807) is 18.2 Å². The molecule has 1 radical (unpaired) electrons. The van der Waals surface area contributed by atoms with Gasteiger partial charge < -0.3 is 0 Å². The van der Waals surface area contributed by atoms with Crippen LogP contribution in [0, 0.1) is 6.07 Å². The summed E-state index contributed by atoms with van der Waals surface area (Å²) in [5.74, 6) is 0. The maximum atomic E-state index is 10.1. The fourth-order valence-electron chi connectivity index (χ4n) is 0.491. The van der Waals surface area contributed by atoms with Crippen molar-refractivity contribution in [1.82, 2.24) is 0 Å².